The first kappa shape index (κ1) is 21.6. The van der Waals surface area contributed by atoms with E-state index in [0.29, 0.717) is 5.02 Å². The van der Waals surface area contributed by atoms with E-state index in [1.165, 1.54) is 37.3 Å². The second-order valence-corrected chi connectivity index (χ2v) is 6.44. The number of nitrogens with one attached hydrogen (secondary N) is 1. The molecule has 28 heavy (non-hydrogen) atoms. The summed E-state index contributed by atoms with van der Waals surface area (Å²) in [6.45, 7) is 1.20. The van der Waals surface area contributed by atoms with Crippen LogP contribution in [0.5, 0.6) is 5.75 Å². The van der Waals surface area contributed by atoms with Gasteiger partial charge in [-0.15, -0.1) is 0 Å². The van der Waals surface area contributed by atoms with Gasteiger partial charge in [0.25, 0.3) is 0 Å². The molecule has 0 aliphatic carbocycles. The number of halogens is 4. The summed E-state index contributed by atoms with van der Waals surface area (Å²) in [5, 5.41) is 12.7. The summed E-state index contributed by atoms with van der Waals surface area (Å²) in [5.74, 6) is -2.07. The van der Waals surface area contributed by atoms with E-state index in [2.05, 4.69) is 5.32 Å². The van der Waals surface area contributed by atoms with Crippen LogP contribution in [0.3, 0.4) is 0 Å². The van der Waals surface area contributed by atoms with Gasteiger partial charge in [0.15, 0.2) is 0 Å². The first-order valence-corrected chi connectivity index (χ1v) is 8.52. The molecule has 0 aromatic heterocycles. The molecule has 2 N–H and O–H groups in total. The zero-order valence-corrected chi connectivity index (χ0v) is 15.5. The number of carboxylic acids is 1. The van der Waals surface area contributed by atoms with Crippen molar-refractivity contribution in [3.8, 4) is 5.75 Å². The number of rotatable bonds is 7. The number of carbonyl (C=O) groups excluding carboxylic acids is 1. The minimum atomic E-state index is -4.61. The van der Waals surface area contributed by atoms with Gasteiger partial charge in [0.05, 0.1) is 5.56 Å². The average Bonchev–Trinajstić information content (AvgIpc) is 2.60. The number of carbonyl (C=O) groups is 2. The van der Waals surface area contributed by atoms with Gasteiger partial charge >= 0.3 is 12.1 Å². The van der Waals surface area contributed by atoms with Gasteiger partial charge in [-0.25, -0.2) is 4.79 Å². The van der Waals surface area contributed by atoms with Gasteiger partial charge in [0.2, 0.25) is 11.5 Å². The van der Waals surface area contributed by atoms with Crippen LogP contribution >= 0.6 is 11.6 Å². The predicted molar refractivity (Wildman–Crippen MR) is 96.1 cm³/mol. The summed E-state index contributed by atoms with van der Waals surface area (Å²) >= 11 is 5.85. The molecule has 1 atom stereocenters. The number of ether oxygens (including phenoxy) is 1. The molecule has 0 saturated carbocycles. The Morgan fingerprint density at radius 1 is 1.11 bits per heavy atom. The molecule has 1 amide bonds. The van der Waals surface area contributed by atoms with Crippen molar-refractivity contribution in [3.05, 3.63) is 64.7 Å². The summed E-state index contributed by atoms with van der Waals surface area (Å²) in [7, 11) is 0. The molecule has 0 fully saturated rings. The van der Waals surface area contributed by atoms with Crippen molar-refractivity contribution in [3.63, 3.8) is 0 Å². The molecule has 9 heteroatoms. The Hall–Kier alpha value is -2.74. The lowest BCUT2D eigenvalue weighted by atomic mass is 9.89. The van der Waals surface area contributed by atoms with Gasteiger partial charge in [0.1, 0.15) is 5.75 Å². The molecule has 0 saturated heterocycles. The van der Waals surface area contributed by atoms with E-state index in [9.17, 15) is 27.9 Å². The summed E-state index contributed by atoms with van der Waals surface area (Å²) in [5.41, 5.74) is -2.83. The maximum atomic E-state index is 13.0. The number of aliphatic carboxylic acids is 1. The van der Waals surface area contributed by atoms with E-state index in [-0.39, 0.29) is 30.2 Å². The van der Waals surface area contributed by atoms with E-state index in [4.69, 9.17) is 16.3 Å². The SMILES string of the molecule is CC(=O)NCCC(Oc1cccc(C(F)(F)F)c1)(C(=O)O)c1ccc(Cl)cc1. The lowest BCUT2D eigenvalue weighted by Gasteiger charge is -2.31. The van der Waals surface area contributed by atoms with Crippen LogP contribution in [0, 0.1) is 0 Å². The zero-order valence-electron chi connectivity index (χ0n) is 14.7. The summed E-state index contributed by atoms with van der Waals surface area (Å²) in [6, 6.07) is 9.67. The number of amides is 1. The molecule has 150 valence electrons. The Morgan fingerprint density at radius 2 is 1.75 bits per heavy atom. The Bertz CT molecular complexity index is 855. The highest BCUT2D eigenvalue weighted by Gasteiger charge is 2.43. The van der Waals surface area contributed by atoms with Gasteiger partial charge in [-0.2, -0.15) is 13.2 Å². The van der Waals surface area contributed by atoms with Crippen molar-refractivity contribution in [2.75, 3.05) is 6.54 Å². The maximum absolute atomic E-state index is 13.0. The monoisotopic (exact) mass is 415 g/mol. The second kappa shape index (κ2) is 8.52. The van der Waals surface area contributed by atoms with Crippen LogP contribution in [0.2, 0.25) is 5.02 Å². The highest BCUT2D eigenvalue weighted by atomic mass is 35.5. The molecular formula is C19H17ClF3NO4. The molecule has 0 aliphatic heterocycles. The van der Waals surface area contributed by atoms with Crippen LogP contribution < -0.4 is 10.1 Å². The van der Waals surface area contributed by atoms with Gasteiger partial charge in [0, 0.05) is 30.5 Å². The lowest BCUT2D eigenvalue weighted by molar-refractivity contribution is -0.157. The van der Waals surface area contributed by atoms with E-state index in [1.54, 1.807) is 0 Å². The fourth-order valence-corrected chi connectivity index (χ4v) is 2.73. The normalized spacial score (nSPS) is 13.5. The molecule has 0 radical (unpaired) electrons. The Morgan fingerprint density at radius 3 is 2.29 bits per heavy atom. The number of alkyl halides is 3. The quantitative estimate of drug-likeness (QED) is 0.709. The molecule has 2 rings (SSSR count). The van der Waals surface area contributed by atoms with Crippen LogP contribution in [0.15, 0.2) is 48.5 Å². The van der Waals surface area contributed by atoms with Gasteiger partial charge in [-0.05, 0) is 30.3 Å². The van der Waals surface area contributed by atoms with Gasteiger partial charge in [-0.3, -0.25) is 4.79 Å². The minimum absolute atomic E-state index is 0.0662. The fourth-order valence-electron chi connectivity index (χ4n) is 2.60. The third-order valence-corrected chi connectivity index (χ3v) is 4.21. The molecule has 0 bridgehead atoms. The molecule has 0 spiro atoms. The summed E-state index contributed by atoms with van der Waals surface area (Å²) in [4.78, 5) is 23.3. The Kier molecular flexibility index (Phi) is 6.56. The largest absolute Gasteiger partial charge is 0.478 e. The third kappa shape index (κ3) is 5.16. The maximum Gasteiger partial charge on any atom is 0.416 e. The highest BCUT2D eigenvalue weighted by Crippen LogP contribution is 2.36. The molecule has 2 aromatic rings. The van der Waals surface area contributed by atoms with E-state index >= 15 is 0 Å². The summed E-state index contributed by atoms with van der Waals surface area (Å²) in [6.07, 6.45) is -4.83. The van der Waals surface area contributed by atoms with Gasteiger partial charge < -0.3 is 15.2 Å². The smallest absolute Gasteiger partial charge is 0.416 e. The topological polar surface area (TPSA) is 75.6 Å². The third-order valence-electron chi connectivity index (χ3n) is 3.96. The average molecular weight is 416 g/mol. The first-order valence-electron chi connectivity index (χ1n) is 8.15. The molecule has 0 heterocycles. The van der Waals surface area contributed by atoms with Crippen molar-refractivity contribution in [2.24, 2.45) is 0 Å². The van der Waals surface area contributed by atoms with Crippen molar-refractivity contribution in [2.45, 2.75) is 25.1 Å². The number of hydrogen-bond acceptors (Lipinski definition) is 3. The molecule has 1 unspecified atom stereocenters. The number of carboxylic acid groups (broad SMARTS) is 1. The van der Waals surface area contributed by atoms with E-state index in [0.717, 1.165) is 18.2 Å². The van der Waals surface area contributed by atoms with Gasteiger partial charge in [-0.1, -0.05) is 29.8 Å². The standard InChI is InChI=1S/C19H17ClF3NO4/c1-12(25)24-10-9-18(17(26)27,13-5-7-15(20)8-6-13)28-16-4-2-3-14(11-16)19(21,22)23/h2-8,11H,9-10H2,1H3,(H,24,25)(H,26,27). The zero-order chi connectivity index (χ0) is 20.9. The van der Waals surface area contributed by atoms with Crippen LogP contribution in [0.25, 0.3) is 0 Å². The number of benzene rings is 2. The van der Waals surface area contributed by atoms with Crippen molar-refractivity contribution >= 4 is 23.5 Å². The molecule has 0 aliphatic rings. The van der Waals surface area contributed by atoms with Crippen LogP contribution in [-0.2, 0) is 21.4 Å². The summed E-state index contributed by atoms with van der Waals surface area (Å²) < 4.78 is 44.6. The van der Waals surface area contributed by atoms with E-state index in [1.807, 2.05) is 0 Å². The second-order valence-electron chi connectivity index (χ2n) is 6.00. The Balaban J connectivity index is 2.48. The van der Waals surface area contributed by atoms with E-state index < -0.39 is 23.3 Å². The lowest BCUT2D eigenvalue weighted by Crippen LogP contribution is -2.44. The molecular weight excluding hydrogens is 399 g/mol. The van der Waals surface area contributed by atoms with Crippen LogP contribution in [0.4, 0.5) is 13.2 Å². The number of hydrogen-bond donors (Lipinski definition) is 2. The Labute approximate surface area is 164 Å². The van der Waals surface area contributed by atoms with Crippen LogP contribution in [0.1, 0.15) is 24.5 Å². The fraction of sp³-hybridized carbons (Fsp3) is 0.263. The van der Waals surface area contributed by atoms with Crippen LogP contribution in [-0.4, -0.2) is 23.5 Å². The molecule has 5 nitrogen and oxygen atoms in total. The first-order chi connectivity index (χ1) is 13.0. The predicted octanol–water partition coefficient (Wildman–Crippen LogP) is 4.24. The highest BCUT2D eigenvalue weighted by molar-refractivity contribution is 6.30. The van der Waals surface area contributed by atoms with Crippen molar-refractivity contribution in [1.82, 2.24) is 5.32 Å². The van der Waals surface area contributed by atoms with Crippen molar-refractivity contribution in [1.29, 1.82) is 0 Å². The minimum Gasteiger partial charge on any atom is -0.478 e. The molecule has 2 aromatic carbocycles. The van der Waals surface area contributed by atoms with Crippen molar-refractivity contribution < 1.29 is 32.6 Å².